The molecule has 1 aromatic heterocycles. The number of carbonyl (C=O) groups excluding carboxylic acids is 1. The van der Waals surface area contributed by atoms with Gasteiger partial charge in [0.2, 0.25) is 17.5 Å². The summed E-state index contributed by atoms with van der Waals surface area (Å²) in [5.74, 6) is -0.341. The molecule has 1 aromatic rings. The minimum absolute atomic E-state index is 0.0184. The summed E-state index contributed by atoms with van der Waals surface area (Å²) in [6, 6.07) is 0. The van der Waals surface area contributed by atoms with Gasteiger partial charge in [0.25, 0.3) is 0 Å². The number of Topliss-reactive ketones (excluding diaryl/α,β-unsaturated/α-hetero) is 1. The summed E-state index contributed by atoms with van der Waals surface area (Å²) >= 11 is 0. The van der Waals surface area contributed by atoms with E-state index in [1.807, 2.05) is 0 Å². The predicted molar refractivity (Wildman–Crippen MR) is 70.9 cm³/mol. The van der Waals surface area contributed by atoms with E-state index >= 15 is 0 Å². The summed E-state index contributed by atoms with van der Waals surface area (Å²) in [5.41, 5.74) is -0.0659. The fourth-order valence-electron chi connectivity index (χ4n) is 2.17. The molecule has 1 atom stereocenters. The van der Waals surface area contributed by atoms with Crippen LogP contribution in [-0.2, 0) is 9.84 Å². The van der Waals surface area contributed by atoms with Gasteiger partial charge in [-0.2, -0.15) is 4.98 Å². The normalized spacial score (nSPS) is 21.2. The maximum Gasteiger partial charge on any atom is 0.246 e. The van der Waals surface area contributed by atoms with Crippen molar-refractivity contribution >= 4 is 15.6 Å². The van der Waals surface area contributed by atoms with Gasteiger partial charge in [-0.05, 0) is 12.8 Å². The lowest BCUT2D eigenvalue weighted by atomic mass is 10.1. The van der Waals surface area contributed by atoms with Gasteiger partial charge in [-0.1, -0.05) is 6.42 Å². The first-order valence-electron chi connectivity index (χ1n) is 6.20. The van der Waals surface area contributed by atoms with Crippen LogP contribution in [0.5, 0.6) is 11.8 Å². The third-order valence-corrected chi connectivity index (χ3v) is 5.40. The van der Waals surface area contributed by atoms with Gasteiger partial charge >= 0.3 is 0 Å². The lowest BCUT2D eigenvalue weighted by Gasteiger charge is -2.21. The second-order valence-corrected chi connectivity index (χ2v) is 6.79. The molecule has 0 spiro atoms. The fourth-order valence-corrected chi connectivity index (χ4v) is 4.02. The first-order valence-corrected chi connectivity index (χ1v) is 7.92. The van der Waals surface area contributed by atoms with Crippen LogP contribution in [0.3, 0.4) is 0 Å². The van der Waals surface area contributed by atoms with Crippen LogP contribution in [0, 0.1) is 0 Å². The van der Waals surface area contributed by atoms with Gasteiger partial charge in [-0.3, -0.25) is 4.79 Å². The standard InChI is InChI=1S/C12H16N2O5S/c1-18-9-7-13-10(12(14-9)19-2)11(15)8-5-3-4-6-20(8,16)17/h7-8H,3-6H2,1-2H3. The number of ether oxygens (including phenoxy) is 2. The molecular formula is C12H16N2O5S. The van der Waals surface area contributed by atoms with Crippen LogP contribution in [0.1, 0.15) is 29.8 Å². The van der Waals surface area contributed by atoms with Crippen molar-refractivity contribution in [2.75, 3.05) is 20.0 Å². The van der Waals surface area contributed by atoms with E-state index in [-0.39, 0.29) is 23.2 Å². The number of sulfone groups is 1. The average Bonchev–Trinajstić information content (AvgIpc) is 2.45. The molecular weight excluding hydrogens is 284 g/mol. The van der Waals surface area contributed by atoms with Crippen molar-refractivity contribution in [2.24, 2.45) is 0 Å². The largest absolute Gasteiger partial charge is 0.480 e. The number of hydrogen-bond donors (Lipinski definition) is 0. The first-order chi connectivity index (χ1) is 9.49. The number of nitrogens with zero attached hydrogens (tertiary/aromatic N) is 2. The number of carbonyl (C=O) groups is 1. The summed E-state index contributed by atoms with van der Waals surface area (Å²) in [4.78, 5) is 20.3. The zero-order valence-electron chi connectivity index (χ0n) is 11.3. The van der Waals surface area contributed by atoms with Crippen LogP contribution in [0.4, 0.5) is 0 Å². The van der Waals surface area contributed by atoms with Gasteiger partial charge in [0.05, 0.1) is 26.2 Å². The van der Waals surface area contributed by atoms with E-state index in [4.69, 9.17) is 9.47 Å². The molecule has 0 saturated carbocycles. The molecule has 0 bridgehead atoms. The van der Waals surface area contributed by atoms with Crippen LogP contribution in [0.15, 0.2) is 6.20 Å². The maximum atomic E-state index is 12.4. The lowest BCUT2D eigenvalue weighted by molar-refractivity contribution is 0.0972. The Morgan fingerprint density at radius 3 is 2.65 bits per heavy atom. The Labute approximate surface area is 117 Å². The Bertz CT molecular complexity index is 614. The number of rotatable bonds is 4. The number of methoxy groups -OCH3 is 2. The minimum Gasteiger partial charge on any atom is -0.480 e. The van der Waals surface area contributed by atoms with Gasteiger partial charge in [-0.15, -0.1) is 0 Å². The highest BCUT2D eigenvalue weighted by Gasteiger charge is 2.37. The van der Waals surface area contributed by atoms with Crippen molar-refractivity contribution in [3.63, 3.8) is 0 Å². The summed E-state index contributed by atoms with van der Waals surface area (Å²) in [5, 5.41) is -1.05. The Morgan fingerprint density at radius 1 is 1.30 bits per heavy atom. The van der Waals surface area contributed by atoms with E-state index in [0.717, 1.165) is 0 Å². The molecule has 1 aliphatic heterocycles. The second kappa shape index (κ2) is 5.74. The van der Waals surface area contributed by atoms with Crippen LogP contribution in [0.2, 0.25) is 0 Å². The zero-order valence-corrected chi connectivity index (χ0v) is 12.1. The van der Waals surface area contributed by atoms with Crippen LogP contribution in [-0.4, -0.2) is 49.4 Å². The van der Waals surface area contributed by atoms with Crippen molar-refractivity contribution in [2.45, 2.75) is 24.5 Å². The number of ketones is 1. The fraction of sp³-hybridized carbons (Fsp3) is 0.583. The molecule has 0 aliphatic carbocycles. The van der Waals surface area contributed by atoms with Crippen molar-refractivity contribution in [3.8, 4) is 11.8 Å². The quantitative estimate of drug-likeness (QED) is 0.753. The van der Waals surface area contributed by atoms with Crippen molar-refractivity contribution in [1.82, 2.24) is 9.97 Å². The summed E-state index contributed by atoms with van der Waals surface area (Å²) in [7, 11) is -0.660. The minimum atomic E-state index is -3.42. The third-order valence-electron chi connectivity index (χ3n) is 3.23. The molecule has 110 valence electrons. The first kappa shape index (κ1) is 14.7. The van der Waals surface area contributed by atoms with E-state index in [9.17, 15) is 13.2 Å². The Kier molecular flexibility index (Phi) is 4.22. The Hall–Kier alpha value is -1.70. The highest BCUT2D eigenvalue weighted by Crippen LogP contribution is 2.26. The summed E-state index contributed by atoms with van der Waals surface area (Å²) < 4.78 is 33.9. The van der Waals surface area contributed by atoms with Gasteiger partial charge < -0.3 is 9.47 Å². The zero-order chi connectivity index (χ0) is 14.8. The molecule has 8 heteroatoms. The van der Waals surface area contributed by atoms with Gasteiger partial charge in [-0.25, -0.2) is 13.4 Å². The van der Waals surface area contributed by atoms with E-state index in [1.54, 1.807) is 0 Å². The molecule has 0 radical (unpaired) electrons. The SMILES string of the molecule is COc1cnc(C(=O)C2CCCCS2(=O)=O)c(OC)n1. The monoisotopic (exact) mass is 300 g/mol. The van der Waals surface area contributed by atoms with Gasteiger partial charge in [0.1, 0.15) is 5.25 Å². The van der Waals surface area contributed by atoms with E-state index in [0.29, 0.717) is 19.3 Å². The van der Waals surface area contributed by atoms with E-state index < -0.39 is 20.9 Å². The van der Waals surface area contributed by atoms with Crippen molar-refractivity contribution in [3.05, 3.63) is 11.9 Å². The van der Waals surface area contributed by atoms with Gasteiger partial charge in [0.15, 0.2) is 15.5 Å². The molecule has 0 aromatic carbocycles. The predicted octanol–water partition coefficient (Wildman–Crippen LogP) is 0.644. The van der Waals surface area contributed by atoms with E-state index in [1.165, 1.54) is 20.4 Å². The topological polar surface area (TPSA) is 95.5 Å². The maximum absolute atomic E-state index is 12.4. The summed E-state index contributed by atoms with van der Waals surface area (Å²) in [6.45, 7) is 0. The Balaban J connectivity index is 2.38. The lowest BCUT2D eigenvalue weighted by Crippen LogP contribution is -2.36. The average molecular weight is 300 g/mol. The molecule has 2 heterocycles. The van der Waals surface area contributed by atoms with Crippen LogP contribution in [0.25, 0.3) is 0 Å². The third kappa shape index (κ3) is 2.74. The molecule has 2 rings (SSSR count). The van der Waals surface area contributed by atoms with Crippen molar-refractivity contribution < 1.29 is 22.7 Å². The van der Waals surface area contributed by atoms with Crippen LogP contribution < -0.4 is 9.47 Å². The molecule has 1 saturated heterocycles. The highest BCUT2D eigenvalue weighted by molar-refractivity contribution is 7.92. The van der Waals surface area contributed by atoms with Gasteiger partial charge in [0, 0.05) is 0 Å². The number of aromatic nitrogens is 2. The summed E-state index contributed by atoms with van der Waals surface area (Å²) in [6.07, 6.45) is 2.89. The Morgan fingerprint density at radius 2 is 2.05 bits per heavy atom. The second-order valence-electron chi connectivity index (χ2n) is 4.49. The highest BCUT2D eigenvalue weighted by atomic mass is 32.2. The smallest absolute Gasteiger partial charge is 0.246 e. The van der Waals surface area contributed by atoms with E-state index in [2.05, 4.69) is 9.97 Å². The molecule has 7 nitrogen and oxygen atoms in total. The molecule has 1 aliphatic rings. The molecule has 1 unspecified atom stereocenters. The van der Waals surface area contributed by atoms with Crippen LogP contribution >= 0.6 is 0 Å². The molecule has 20 heavy (non-hydrogen) atoms. The van der Waals surface area contributed by atoms with Crippen molar-refractivity contribution in [1.29, 1.82) is 0 Å². The molecule has 0 amide bonds. The number of hydrogen-bond acceptors (Lipinski definition) is 7. The molecule has 1 fully saturated rings. The molecule has 0 N–H and O–H groups in total.